The summed E-state index contributed by atoms with van der Waals surface area (Å²) in [6.07, 6.45) is 0.997. The van der Waals surface area contributed by atoms with Crippen LogP contribution in [-0.4, -0.2) is 32.8 Å². The highest BCUT2D eigenvalue weighted by Gasteiger charge is 2.01. The molecule has 0 saturated heterocycles. The van der Waals surface area contributed by atoms with Crippen LogP contribution < -0.4 is 0 Å². The van der Waals surface area contributed by atoms with Gasteiger partial charge in [0.2, 0.25) is 0 Å². The van der Waals surface area contributed by atoms with Crippen LogP contribution in [0.25, 0.3) is 0 Å². The number of hydrogen-bond donors (Lipinski definition) is 1. The van der Waals surface area contributed by atoms with E-state index < -0.39 is 0 Å². The van der Waals surface area contributed by atoms with Gasteiger partial charge in [-0.05, 0) is 12.8 Å². The molecule has 9 heavy (non-hydrogen) atoms. The fraction of sp³-hybridized carbons (Fsp3) is 1.00. The summed E-state index contributed by atoms with van der Waals surface area (Å²) in [4.78, 5) is 0. The van der Waals surface area contributed by atoms with Crippen LogP contribution in [0.1, 0.15) is 6.92 Å². The smallest absolute Gasteiger partial charge is 0.101 e. The first kappa shape index (κ1) is 8.98. The summed E-state index contributed by atoms with van der Waals surface area (Å²) in [5.41, 5.74) is 0. The monoisotopic (exact) mass is 130 g/mol. The Morgan fingerprint density at radius 2 is 2.33 bits per heavy atom. The molecule has 0 aromatic carbocycles. The van der Waals surface area contributed by atoms with Crippen LogP contribution in [0, 0.1) is 5.92 Å². The zero-order chi connectivity index (χ0) is 7.11. The van der Waals surface area contributed by atoms with Gasteiger partial charge in [-0.15, -0.1) is 0 Å². The van der Waals surface area contributed by atoms with E-state index in [1.807, 2.05) is 6.92 Å². The van der Waals surface area contributed by atoms with Gasteiger partial charge in [0, 0.05) is 13.2 Å². The van der Waals surface area contributed by atoms with Crippen molar-refractivity contribution in [3.8, 4) is 0 Å². The molecule has 0 aliphatic heterocycles. The fourth-order valence-corrected chi connectivity index (χ4v) is 0.584. The summed E-state index contributed by atoms with van der Waals surface area (Å²) in [7, 11) is 2.06. The van der Waals surface area contributed by atoms with Gasteiger partial charge in [0.05, 0.1) is 6.61 Å². The van der Waals surface area contributed by atoms with Gasteiger partial charge in [-0.1, -0.05) is 6.32 Å². The normalized spacial score (nSPS) is 13.6. The first-order valence-electron chi connectivity index (χ1n) is 3.53. The van der Waals surface area contributed by atoms with Crippen LogP contribution in [0.4, 0.5) is 0 Å². The van der Waals surface area contributed by atoms with Crippen LogP contribution in [0.15, 0.2) is 0 Å². The van der Waals surface area contributed by atoms with E-state index in [0.717, 1.165) is 12.9 Å². The minimum Gasteiger partial charge on any atom is -0.396 e. The summed E-state index contributed by atoms with van der Waals surface area (Å²) >= 11 is 0. The molecule has 0 aromatic heterocycles. The molecular formula is C6H15BO2. The third-order valence-electron chi connectivity index (χ3n) is 1.39. The zero-order valence-electron chi connectivity index (χ0n) is 6.26. The molecule has 0 bridgehead atoms. The molecule has 1 N–H and O–H groups in total. The number of hydrogen-bond acceptors (Lipinski definition) is 2. The maximum absolute atomic E-state index is 8.67. The lowest BCUT2D eigenvalue weighted by Crippen LogP contribution is -2.12. The van der Waals surface area contributed by atoms with Gasteiger partial charge in [-0.3, -0.25) is 0 Å². The maximum Gasteiger partial charge on any atom is 0.101 e. The summed E-state index contributed by atoms with van der Waals surface area (Å²) in [6.45, 7) is 3.65. The Bertz CT molecular complexity index is 55.0. The summed E-state index contributed by atoms with van der Waals surface area (Å²) in [6, 6.07) is 0. The molecule has 0 aromatic rings. The Labute approximate surface area is 57.6 Å². The number of aliphatic hydroxyl groups excluding tert-OH is 1. The molecule has 0 radical (unpaired) electrons. The highest BCUT2D eigenvalue weighted by molar-refractivity contribution is 6.08. The molecule has 54 valence electrons. The molecule has 0 spiro atoms. The lowest BCUT2D eigenvalue weighted by Gasteiger charge is -2.09. The molecule has 0 aliphatic rings. The van der Waals surface area contributed by atoms with E-state index in [1.54, 1.807) is 0 Å². The predicted molar refractivity (Wildman–Crippen MR) is 40.4 cm³/mol. The molecule has 3 heteroatoms. The second kappa shape index (κ2) is 6.11. The topological polar surface area (TPSA) is 29.5 Å². The molecule has 2 nitrogen and oxygen atoms in total. The molecule has 1 unspecified atom stereocenters. The van der Waals surface area contributed by atoms with Gasteiger partial charge in [0.25, 0.3) is 0 Å². The van der Waals surface area contributed by atoms with Crippen molar-refractivity contribution in [3.05, 3.63) is 0 Å². The summed E-state index contributed by atoms with van der Waals surface area (Å²) < 4.78 is 5.12. The van der Waals surface area contributed by atoms with E-state index in [0.29, 0.717) is 12.5 Å². The number of rotatable bonds is 5. The number of ether oxygens (including phenoxy) is 1. The number of aliphatic hydroxyl groups is 1. The van der Waals surface area contributed by atoms with E-state index in [1.165, 1.54) is 0 Å². The first-order valence-corrected chi connectivity index (χ1v) is 3.53. The van der Waals surface area contributed by atoms with Crippen LogP contribution in [-0.2, 0) is 4.74 Å². The standard InChI is InChI=1S/C6H15BO2/c1-2-9-5-6(3-7)4-8/h6,8H,2-5,7H2,1H3. The van der Waals surface area contributed by atoms with Crippen molar-refractivity contribution in [2.24, 2.45) is 5.92 Å². The van der Waals surface area contributed by atoms with Gasteiger partial charge in [0.15, 0.2) is 0 Å². The van der Waals surface area contributed by atoms with Crippen molar-refractivity contribution in [2.75, 3.05) is 19.8 Å². The molecule has 0 heterocycles. The van der Waals surface area contributed by atoms with Crippen molar-refractivity contribution in [3.63, 3.8) is 0 Å². The van der Waals surface area contributed by atoms with Gasteiger partial charge in [-0.25, -0.2) is 0 Å². The van der Waals surface area contributed by atoms with Crippen LogP contribution in [0.3, 0.4) is 0 Å². The molecule has 1 atom stereocenters. The van der Waals surface area contributed by atoms with Crippen molar-refractivity contribution in [2.45, 2.75) is 13.2 Å². The third kappa shape index (κ3) is 4.49. The minimum absolute atomic E-state index is 0.247. The Hall–Kier alpha value is -0.0151. The second-order valence-corrected chi connectivity index (χ2v) is 2.12. The van der Waals surface area contributed by atoms with E-state index >= 15 is 0 Å². The Balaban J connectivity index is 3.09. The van der Waals surface area contributed by atoms with Crippen LogP contribution >= 0.6 is 0 Å². The minimum atomic E-state index is 0.247. The van der Waals surface area contributed by atoms with Gasteiger partial charge in [-0.2, -0.15) is 0 Å². The highest BCUT2D eigenvalue weighted by Crippen LogP contribution is 1.99. The quantitative estimate of drug-likeness (QED) is 0.517. The Kier molecular flexibility index (Phi) is 6.10. The van der Waals surface area contributed by atoms with E-state index in [9.17, 15) is 0 Å². The van der Waals surface area contributed by atoms with Crippen molar-refractivity contribution in [1.82, 2.24) is 0 Å². The summed E-state index contributed by atoms with van der Waals surface area (Å²) in [5, 5.41) is 8.67. The third-order valence-corrected chi connectivity index (χ3v) is 1.39. The molecule has 0 rings (SSSR count). The second-order valence-electron chi connectivity index (χ2n) is 2.12. The van der Waals surface area contributed by atoms with Gasteiger partial charge >= 0.3 is 0 Å². The average Bonchev–Trinajstić information content (AvgIpc) is 1.91. The lowest BCUT2D eigenvalue weighted by molar-refractivity contribution is 0.0887. The van der Waals surface area contributed by atoms with E-state index in [4.69, 9.17) is 9.84 Å². The molecule has 0 aliphatic carbocycles. The molecule has 0 fully saturated rings. The van der Waals surface area contributed by atoms with Gasteiger partial charge in [0.1, 0.15) is 7.85 Å². The SMILES string of the molecule is BCC(CO)COCC. The first-order chi connectivity index (χ1) is 4.35. The van der Waals surface area contributed by atoms with Crippen molar-refractivity contribution < 1.29 is 9.84 Å². The average molecular weight is 130 g/mol. The predicted octanol–water partition coefficient (Wildman–Crippen LogP) is -0.317. The lowest BCUT2D eigenvalue weighted by atomic mass is 9.92. The maximum atomic E-state index is 8.67. The van der Waals surface area contributed by atoms with E-state index in [-0.39, 0.29) is 6.61 Å². The molecular weight excluding hydrogens is 115 g/mol. The zero-order valence-corrected chi connectivity index (χ0v) is 6.26. The molecule has 0 saturated carbocycles. The summed E-state index contributed by atoms with van der Waals surface area (Å²) in [5.74, 6) is 0.338. The van der Waals surface area contributed by atoms with Crippen molar-refractivity contribution >= 4 is 7.85 Å². The van der Waals surface area contributed by atoms with Crippen LogP contribution in [0.5, 0.6) is 0 Å². The van der Waals surface area contributed by atoms with Crippen LogP contribution in [0.2, 0.25) is 6.32 Å². The largest absolute Gasteiger partial charge is 0.396 e. The highest BCUT2D eigenvalue weighted by atomic mass is 16.5. The molecule has 0 amide bonds. The van der Waals surface area contributed by atoms with Gasteiger partial charge < -0.3 is 9.84 Å². The Morgan fingerprint density at radius 1 is 1.67 bits per heavy atom. The fourth-order valence-electron chi connectivity index (χ4n) is 0.584. The van der Waals surface area contributed by atoms with Crippen molar-refractivity contribution in [1.29, 1.82) is 0 Å². The Morgan fingerprint density at radius 3 is 2.67 bits per heavy atom. The van der Waals surface area contributed by atoms with E-state index in [2.05, 4.69) is 7.85 Å².